The lowest BCUT2D eigenvalue weighted by Gasteiger charge is -2.16. The van der Waals surface area contributed by atoms with Crippen LogP contribution in [-0.2, 0) is 10.9 Å². The lowest BCUT2D eigenvalue weighted by molar-refractivity contribution is -0.137. The average Bonchev–Trinajstić information content (AvgIpc) is 2.87. The molecule has 0 aliphatic rings. The van der Waals surface area contributed by atoms with Crippen molar-refractivity contribution in [3.63, 3.8) is 0 Å². The fraction of sp³-hybridized carbons (Fsp3) is 0.304. The van der Waals surface area contributed by atoms with E-state index in [-0.39, 0.29) is 34.2 Å². The van der Waals surface area contributed by atoms with Crippen molar-refractivity contribution in [1.29, 1.82) is 0 Å². The third-order valence-electron chi connectivity index (χ3n) is 5.07. The second kappa shape index (κ2) is 11.9. The van der Waals surface area contributed by atoms with Crippen LogP contribution in [0.4, 0.5) is 37.8 Å². The number of nitrogens with zero attached hydrogens (tertiary/aromatic N) is 4. The number of alkyl halides is 6. The van der Waals surface area contributed by atoms with Crippen LogP contribution < -0.4 is 21.7 Å². The monoisotopic (exact) mass is 542 g/mol. The fourth-order valence-electron chi connectivity index (χ4n) is 3.17. The molecule has 0 aliphatic heterocycles. The highest BCUT2D eigenvalue weighted by atomic mass is 19.4. The van der Waals surface area contributed by atoms with Crippen LogP contribution >= 0.6 is 0 Å². The molecule has 0 bridgehead atoms. The normalized spacial score (nSPS) is 13.3. The predicted molar refractivity (Wildman–Crippen MR) is 129 cm³/mol. The Kier molecular flexibility index (Phi) is 8.93. The number of allylic oxidation sites excluding steroid dienone is 2. The lowest BCUT2D eigenvalue weighted by atomic mass is 10.1. The van der Waals surface area contributed by atoms with Gasteiger partial charge in [-0.3, -0.25) is 0 Å². The molecule has 0 spiro atoms. The van der Waals surface area contributed by atoms with Gasteiger partial charge < -0.3 is 26.4 Å². The van der Waals surface area contributed by atoms with Crippen LogP contribution in [-0.4, -0.2) is 53.4 Å². The third kappa shape index (κ3) is 7.21. The molecule has 0 atom stereocenters. The average molecular weight is 542 g/mol. The first-order chi connectivity index (χ1) is 17.9. The Bertz CT molecular complexity index is 1310. The first-order valence-corrected chi connectivity index (χ1v) is 11.1. The molecule has 0 aliphatic carbocycles. The number of methoxy groups -OCH3 is 1. The van der Waals surface area contributed by atoms with Crippen LogP contribution in [0, 0.1) is 0 Å². The van der Waals surface area contributed by atoms with Crippen molar-refractivity contribution in [3.05, 3.63) is 65.5 Å². The van der Waals surface area contributed by atoms with E-state index in [0.29, 0.717) is 25.8 Å². The van der Waals surface area contributed by atoms with Gasteiger partial charge in [0.1, 0.15) is 17.0 Å². The van der Waals surface area contributed by atoms with Gasteiger partial charge in [0.05, 0.1) is 34.5 Å². The minimum atomic E-state index is -4.82. The van der Waals surface area contributed by atoms with E-state index >= 15 is 0 Å². The summed E-state index contributed by atoms with van der Waals surface area (Å²) in [6, 6.07) is 3.45. The van der Waals surface area contributed by atoms with Gasteiger partial charge in [0, 0.05) is 39.7 Å². The number of hydrogen-bond acceptors (Lipinski definition) is 9. The molecule has 0 saturated heterocycles. The van der Waals surface area contributed by atoms with Crippen molar-refractivity contribution in [3.8, 4) is 0 Å². The van der Waals surface area contributed by atoms with Crippen LogP contribution in [0.3, 0.4) is 0 Å². The summed E-state index contributed by atoms with van der Waals surface area (Å²) in [7, 11) is 2.98. The summed E-state index contributed by atoms with van der Waals surface area (Å²) in [6.07, 6.45) is -4.94. The van der Waals surface area contributed by atoms with Gasteiger partial charge in [0.25, 0.3) is 0 Å². The van der Waals surface area contributed by atoms with Gasteiger partial charge in [-0.1, -0.05) is 0 Å². The molecule has 0 unspecified atom stereocenters. The van der Waals surface area contributed by atoms with E-state index in [2.05, 4.69) is 35.9 Å². The second-order valence-electron chi connectivity index (χ2n) is 7.75. The first kappa shape index (κ1) is 28.4. The van der Waals surface area contributed by atoms with Gasteiger partial charge in [0.2, 0.25) is 0 Å². The van der Waals surface area contributed by atoms with E-state index in [1.54, 1.807) is 0 Å². The van der Waals surface area contributed by atoms with Crippen molar-refractivity contribution in [2.45, 2.75) is 18.8 Å². The minimum Gasteiger partial charge on any atom is -0.396 e. The SMILES string of the molecule is CN/C(=C\C(=C(/N)c1cnc2c(Nc3ccc(C(F)(F)F)cn3)ccnc2n1)C(F)(F)F)NCCCOC. The Morgan fingerprint density at radius 2 is 1.82 bits per heavy atom. The van der Waals surface area contributed by atoms with Crippen LogP contribution in [0.2, 0.25) is 0 Å². The summed E-state index contributed by atoms with van der Waals surface area (Å²) in [5.41, 5.74) is 3.25. The van der Waals surface area contributed by atoms with Crippen LogP contribution in [0.5, 0.6) is 0 Å². The number of aromatic nitrogens is 4. The van der Waals surface area contributed by atoms with E-state index in [1.807, 2.05) is 0 Å². The number of nitrogens with one attached hydrogen (secondary N) is 3. The maximum absolute atomic E-state index is 13.9. The van der Waals surface area contributed by atoms with Gasteiger partial charge in [-0.15, -0.1) is 0 Å². The standard InChI is InChI=1S/C23H24F6N8O/c1-31-18(32-7-3-9-38-2)10-14(23(27,28)29)19(30)16-12-35-20-15(6-8-33-21(20)37-16)36-17-5-4-13(11-34-17)22(24,25)26/h4-6,8,10-12,31-32H,3,7,9,30H2,1-2H3,(H,33,34,36,37)/b18-10+,19-14+. The summed E-state index contributed by atoms with van der Waals surface area (Å²) in [5, 5.41) is 8.30. The summed E-state index contributed by atoms with van der Waals surface area (Å²) in [5.74, 6) is 0.164. The highest BCUT2D eigenvalue weighted by molar-refractivity contribution is 5.87. The van der Waals surface area contributed by atoms with E-state index in [1.165, 1.54) is 26.4 Å². The number of pyridine rings is 2. The Morgan fingerprint density at radius 3 is 2.42 bits per heavy atom. The van der Waals surface area contributed by atoms with Crippen molar-refractivity contribution >= 4 is 28.4 Å². The van der Waals surface area contributed by atoms with Crippen molar-refractivity contribution in [1.82, 2.24) is 30.6 Å². The number of hydrogen-bond donors (Lipinski definition) is 4. The van der Waals surface area contributed by atoms with Crippen molar-refractivity contribution < 1.29 is 31.1 Å². The zero-order valence-electron chi connectivity index (χ0n) is 20.2. The third-order valence-corrected chi connectivity index (χ3v) is 5.07. The highest BCUT2D eigenvalue weighted by Crippen LogP contribution is 2.32. The maximum Gasteiger partial charge on any atom is 0.418 e. The number of rotatable bonds is 10. The Labute approximate surface area is 213 Å². The molecule has 0 radical (unpaired) electrons. The maximum atomic E-state index is 13.9. The zero-order valence-corrected chi connectivity index (χ0v) is 20.2. The number of anilines is 2. The molecule has 3 aromatic rings. The fourth-order valence-corrected chi connectivity index (χ4v) is 3.17. The van der Waals surface area contributed by atoms with Crippen molar-refractivity contribution in [2.24, 2.45) is 5.73 Å². The molecule has 0 fully saturated rings. The predicted octanol–water partition coefficient (Wildman–Crippen LogP) is 4.10. The Morgan fingerprint density at radius 1 is 1.05 bits per heavy atom. The zero-order chi connectivity index (χ0) is 27.9. The molecule has 0 aromatic carbocycles. The molecule has 9 nitrogen and oxygen atoms in total. The topological polar surface area (TPSA) is 123 Å². The Balaban J connectivity index is 1.94. The van der Waals surface area contributed by atoms with Crippen molar-refractivity contribution in [2.75, 3.05) is 32.6 Å². The van der Waals surface area contributed by atoms with Gasteiger partial charge in [0.15, 0.2) is 5.65 Å². The largest absolute Gasteiger partial charge is 0.418 e. The first-order valence-electron chi connectivity index (χ1n) is 11.1. The van der Waals surface area contributed by atoms with Crippen LogP contribution in [0.15, 0.2) is 54.3 Å². The van der Waals surface area contributed by atoms with Crippen LogP contribution in [0.25, 0.3) is 16.9 Å². The molecule has 5 N–H and O–H groups in total. The highest BCUT2D eigenvalue weighted by Gasteiger charge is 2.36. The number of ether oxygens (including phenoxy) is 1. The Hall–Kier alpha value is -4.14. The van der Waals surface area contributed by atoms with E-state index in [9.17, 15) is 26.3 Å². The van der Waals surface area contributed by atoms with Gasteiger partial charge in [-0.25, -0.2) is 19.9 Å². The number of halogens is 6. The molecule has 0 amide bonds. The van der Waals surface area contributed by atoms with Gasteiger partial charge in [-0.05, 0) is 30.7 Å². The summed E-state index contributed by atoms with van der Waals surface area (Å²) in [6.45, 7) is 0.786. The summed E-state index contributed by atoms with van der Waals surface area (Å²) >= 11 is 0. The molecular formula is C23H24F6N8O. The molecular weight excluding hydrogens is 518 g/mol. The van der Waals surface area contributed by atoms with Gasteiger partial charge in [-0.2, -0.15) is 26.3 Å². The van der Waals surface area contributed by atoms with E-state index in [0.717, 1.165) is 24.4 Å². The van der Waals surface area contributed by atoms with Crippen LogP contribution in [0.1, 0.15) is 17.7 Å². The molecule has 0 saturated carbocycles. The summed E-state index contributed by atoms with van der Waals surface area (Å²) < 4.78 is 85.0. The summed E-state index contributed by atoms with van der Waals surface area (Å²) in [4.78, 5) is 16.0. The molecule has 3 aromatic heterocycles. The van der Waals surface area contributed by atoms with E-state index in [4.69, 9.17) is 10.5 Å². The lowest BCUT2D eigenvalue weighted by Crippen LogP contribution is -2.27. The number of fused-ring (bicyclic) bond motifs is 1. The molecule has 3 rings (SSSR count). The molecule has 15 heteroatoms. The minimum absolute atomic E-state index is 0.0422. The molecule has 3 heterocycles. The molecule has 204 valence electrons. The van der Waals surface area contributed by atoms with Gasteiger partial charge >= 0.3 is 12.4 Å². The second-order valence-corrected chi connectivity index (χ2v) is 7.75. The van der Waals surface area contributed by atoms with E-state index < -0.39 is 29.2 Å². The smallest absolute Gasteiger partial charge is 0.396 e. The number of nitrogens with two attached hydrogens (primary N) is 1. The quantitative estimate of drug-likeness (QED) is 0.170. The molecule has 38 heavy (non-hydrogen) atoms.